The van der Waals surface area contributed by atoms with Crippen LogP contribution in [0.25, 0.3) is 0 Å². The Labute approximate surface area is 119 Å². The van der Waals surface area contributed by atoms with Crippen LogP contribution in [0.2, 0.25) is 0 Å². The Hall–Kier alpha value is -2.64. The number of nitro benzene ring substituents is 1. The van der Waals surface area contributed by atoms with E-state index >= 15 is 0 Å². The molecule has 1 unspecified atom stereocenters. The first-order valence-corrected chi connectivity index (χ1v) is 6.37. The second-order valence-electron chi connectivity index (χ2n) is 4.76. The molecule has 1 aliphatic carbocycles. The summed E-state index contributed by atoms with van der Waals surface area (Å²) >= 11 is 0. The Kier molecular flexibility index (Phi) is 4.36. The molecule has 21 heavy (non-hydrogen) atoms. The average Bonchev–Trinajstić information content (AvgIpc) is 3.27. The number of hydrogen-bond donors (Lipinski definition) is 2. The van der Waals surface area contributed by atoms with Crippen molar-refractivity contribution >= 4 is 17.6 Å². The van der Waals surface area contributed by atoms with Gasteiger partial charge >= 0.3 is 5.97 Å². The highest BCUT2D eigenvalue weighted by molar-refractivity contribution is 5.84. The molecule has 1 amide bonds. The third kappa shape index (κ3) is 4.16. The van der Waals surface area contributed by atoms with E-state index in [0.717, 1.165) is 12.8 Å². The quantitative estimate of drug-likeness (QED) is 0.571. The van der Waals surface area contributed by atoms with Gasteiger partial charge in [0.2, 0.25) is 0 Å². The maximum Gasteiger partial charge on any atom is 0.326 e. The maximum absolute atomic E-state index is 11.6. The molecule has 1 fully saturated rings. The van der Waals surface area contributed by atoms with Crippen LogP contribution in [0.4, 0.5) is 5.69 Å². The highest BCUT2D eigenvalue weighted by Gasteiger charge is 2.37. The van der Waals surface area contributed by atoms with Gasteiger partial charge in [0.25, 0.3) is 11.6 Å². The standard InChI is InChI=1S/C13H14N2O6/c16-11(14-12(13(17)18)8-4-5-8)7-21-10-3-1-2-9(6-10)15(19)20/h1-3,6,8,12H,4-5,7H2,(H,14,16)(H,17,18). The molecule has 0 saturated heterocycles. The van der Waals surface area contributed by atoms with Gasteiger partial charge in [-0.3, -0.25) is 14.9 Å². The lowest BCUT2D eigenvalue weighted by molar-refractivity contribution is -0.384. The van der Waals surface area contributed by atoms with E-state index in [1.54, 1.807) is 0 Å². The summed E-state index contributed by atoms with van der Waals surface area (Å²) in [6, 6.07) is 4.53. The van der Waals surface area contributed by atoms with Gasteiger partial charge in [0.05, 0.1) is 11.0 Å². The minimum atomic E-state index is -1.07. The largest absolute Gasteiger partial charge is 0.484 e. The van der Waals surface area contributed by atoms with Crippen molar-refractivity contribution in [3.8, 4) is 5.75 Å². The molecule has 1 saturated carbocycles. The molecule has 0 bridgehead atoms. The zero-order valence-corrected chi connectivity index (χ0v) is 11.0. The normalized spacial score (nSPS) is 15.0. The molecule has 8 nitrogen and oxygen atoms in total. The third-order valence-corrected chi connectivity index (χ3v) is 3.07. The number of ether oxygens (including phenoxy) is 1. The van der Waals surface area contributed by atoms with Crippen LogP contribution in [-0.4, -0.2) is 34.6 Å². The summed E-state index contributed by atoms with van der Waals surface area (Å²) in [4.78, 5) is 32.7. The number of carboxylic acids is 1. The van der Waals surface area contributed by atoms with E-state index in [2.05, 4.69) is 5.32 Å². The highest BCUT2D eigenvalue weighted by atomic mass is 16.6. The summed E-state index contributed by atoms with van der Waals surface area (Å²) in [6.45, 7) is -0.391. The fraction of sp³-hybridized carbons (Fsp3) is 0.385. The topological polar surface area (TPSA) is 119 Å². The lowest BCUT2D eigenvalue weighted by Crippen LogP contribution is -2.44. The first-order chi connectivity index (χ1) is 9.97. The molecule has 2 rings (SSSR count). The first-order valence-electron chi connectivity index (χ1n) is 6.37. The molecule has 0 radical (unpaired) electrons. The van der Waals surface area contributed by atoms with Gasteiger partial charge in [0.15, 0.2) is 6.61 Å². The van der Waals surface area contributed by atoms with Crippen LogP contribution in [-0.2, 0) is 9.59 Å². The molecular formula is C13H14N2O6. The summed E-state index contributed by atoms with van der Waals surface area (Å²) in [6.07, 6.45) is 1.56. The van der Waals surface area contributed by atoms with Crippen molar-refractivity contribution in [1.82, 2.24) is 5.32 Å². The summed E-state index contributed by atoms with van der Waals surface area (Å²) < 4.78 is 5.13. The second kappa shape index (κ2) is 6.21. The van der Waals surface area contributed by atoms with Gasteiger partial charge in [0, 0.05) is 6.07 Å². The molecule has 1 atom stereocenters. The average molecular weight is 294 g/mol. The Morgan fingerprint density at radius 3 is 2.76 bits per heavy atom. The molecule has 112 valence electrons. The van der Waals surface area contributed by atoms with E-state index in [0.29, 0.717) is 0 Å². The number of aliphatic carboxylic acids is 1. The molecule has 0 spiro atoms. The molecule has 2 N–H and O–H groups in total. The van der Waals surface area contributed by atoms with E-state index in [-0.39, 0.29) is 17.4 Å². The molecular weight excluding hydrogens is 280 g/mol. The predicted octanol–water partition coefficient (Wildman–Crippen LogP) is 0.953. The molecule has 0 aliphatic heterocycles. The van der Waals surface area contributed by atoms with E-state index in [1.807, 2.05) is 0 Å². The molecule has 0 heterocycles. The van der Waals surface area contributed by atoms with Crippen LogP contribution < -0.4 is 10.1 Å². The number of hydrogen-bond acceptors (Lipinski definition) is 5. The Morgan fingerprint density at radius 1 is 1.48 bits per heavy atom. The number of amides is 1. The van der Waals surface area contributed by atoms with Gasteiger partial charge in [-0.05, 0) is 24.8 Å². The number of non-ortho nitro benzene ring substituents is 1. The van der Waals surface area contributed by atoms with Crippen molar-refractivity contribution in [2.24, 2.45) is 5.92 Å². The first kappa shape index (κ1) is 14.8. The van der Waals surface area contributed by atoms with Gasteiger partial charge < -0.3 is 15.2 Å². The van der Waals surface area contributed by atoms with Gasteiger partial charge in [0.1, 0.15) is 11.8 Å². The van der Waals surface area contributed by atoms with Crippen LogP contribution in [0.5, 0.6) is 5.75 Å². The SMILES string of the molecule is O=C(COc1cccc([N+](=O)[O-])c1)NC(C(=O)O)C1CC1. The highest BCUT2D eigenvalue weighted by Crippen LogP contribution is 2.32. The van der Waals surface area contributed by atoms with Gasteiger partial charge in [-0.2, -0.15) is 0 Å². The van der Waals surface area contributed by atoms with E-state index < -0.39 is 29.4 Å². The summed E-state index contributed by atoms with van der Waals surface area (Å²) in [5.41, 5.74) is -0.144. The number of rotatable bonds is 7. The van der Waals surface area contributed by atoms with Crippen molar-refractivity contribution < 1.29 is 24.4 Å². The lowest BCUT2D eigenvalue weighted by Gasteiger charge is -2.13. The number of carbonyl (C=O) groups is 2. The molecule has 1 aromatic rings. The van der Waals surface area contributed by atoms with E-state index in [4.69, 9.17) is 9.84 Å². The number of benzene rings is 1. The van der Waals surface area contributed by atoms with Crippen molar-refractivity contribution in [1.29, 1.82) is 0 Å². The molecule has 1 aliphatic rings. The van der Waals surface area contributed by atoms with E-state index in [1.165, 1.54) is 24.3 Å². The van der Waals surface area contributed by atoms with Crippen molar-refractivity contribution in [2.45, 2.75) is 18.9 Å². The van der Waals surface area contributed by atoms with Crippen LogP contribution in [0.15, 0.2) is 24.3 Å². The molecule has 0 aromatic heterocycles. The van der Waals surface area contributed by atoms with Crippen LogP contribution >= 0.6 is 0 Å². The van der Waals surface area contributed by atoms with Crippen LogP contribution in [0.3, 0.4) is 0 Å². The summed E-state index contributed by atoms with van der Waals surface area (Å²) in [5, 5.41) is 22.0. The smallest absolute Gasteiger partial charge is 0.326 e. The zero-order valence-electron chi connectivity index (χ0n) is 11.0. The zero-order chi connectivity index (χ0) is 15.4. The number of nitro groups is 1. The summed E-state index contributed by atoms with van der Waals surface area (Å²) in [5.74, 6) is -1.48. The van der Waals surface area contributed by atoms with Crippen LogP contribution in [0.1, 0.15) is 12.8 Å². The number of nitrogens with zero attached hydrogens (tertiary/aromatic N) is 1. The predicted molar refractivity (Wildman–Crippen MR) is 70.9 cm³/mol. The maximum atomic E-state index is 11.6. The van der Waals surface area contributed by atoms with E-state index in [9.17, 15) is 19.7 Å². The van der Waals surface area contributed by atoms with Crippen LogP contribution in [0, 0.1) is 16.0 Å². The minimum absolute atomic E-state index is 0.0238. The van der Waals surface area contributed by atoms with Crippen molar-refractivity contribution in [2.75, 3.05) is 6.61 Å². The summed E-state index contributed by atoms with van der Waals surface area (Å²) in [7, 11) is 0. The Bertz CT molecular complexity index is 570. The Balaban J connectivity index is 1.87. The monoisotopic (exact) mass is 294 g/mol. The Morgan fingerprint density at radius 2 is 2.19 bits per heavy atom. The van der Waals surface area contributed by atoms with Crippen molar-refractivity contribution in [3.05, 3.63) is 34.4 Å². The van der Waals surface area contributed by atoms with Gasteiger partial charge in [-0.1, -0.05) is 6.07 Å². The third-order valence-electron chi connectivity index (χ3n) is 3.07. The fourth-order valence-electron chi connectivity index (χ4n) is 1.86. The second-order valence-corrected chi connectivity index (χ2v) is 4.76. The van der Waals surface area contributed by atoms with Gasteiger partial charge in [-0.25, -0.2) is 4.79 Å². The molecule has 1 aromatic carbocycles. The minimum Gasteiger partial charge on any atom is -0.484 e. The number of carbonyl (C=O) groups excluding carboxylic acids is 1. The number of carboxylic acid groups (broad SMARTS) is 1. The van der Waals surface area contributed by atoms with Gasteiger partial charge in [-0.15, -0.1) is 0 Å². The molecule has 8 heteroatoms. The number of nitrogens with one attached hydrogen (secondary N) is 1. The fourth-order valence-corrected chi connectivity index (χ4v) is 1.86. The van der Waals surface area contributed by atoms with Crippen molar-refractivity contribution in [3.63, 3.8) is 0 Å². The lowest BCUT2D eigenvalue weighted by atomic mass is 10.2.